The molecule has 4 bridgehead atoms. The number of carbonyl (C=O) groups excluding carboxylic acids is 7. The van der Waals surface area contributed by atoms with E-state index < -0.39 is 83.1 Å². The van der Waals surface area contributed by atoms with Gasteiger partial charge in [0.05, 0.1) is 0 Å². The molecule has 3 rings (SSSR count). The third-order valence-corrected chi connectivity index (χ3v) is 9.81. The summed E-state index contributed by atoms with van der Waals surface area (Å²) in [7, 11) is 0. The maximum Gasteiger partial charge on any atom is 0.408 e. The fraction of sp³-hybridized carbons (Fsp3) is 0.568. The van der Waals surface area contributed by atoms with Crippen molar-refractivity contribution < 1.29 is 53.2 Å². The van der Waals surface area contributed by atoms with Crippen molar-refractivity contribution in [3.63, 3.8) is 0 Å². The first-order chi connectivity index (χ1) is 30.5. The van der Waals surface area contributed by atoms with Crippen LogP contribution in [0.2, 0.25) is 0 Å². The van der Waals surface area contributed by atoms with E-state index in [1.54, 1.807) is 65.8 Å². The summed E-state index contributed by atoms with van der Waals surface area (Å²) >= 11 is 0. The van der Waals surface area contributed by atoms with Crippen molar-refractivity contribution in [2.75, 3.05) is 32.7 Å². The van der Waals surface area contributed by atoms with E-state index in [0.717, 1.165) is 0 Å². The molecule has 7 amide bonds. The van der Waals surface area contributed by atoms with Crippen LogP contribution in [-0.4, -0.2) is 126 Å². The number of benzene rings is 2. The lowest BCUT2D eigenvalue weighted by Crippen LogP contribution is -2.60. The molecule has 65 heavy (non-hydrogen) atoms. The molecular formula is C44H68N10O11. The number of phenols is 2. The first-order valence-electron chi connectivity index (χ1n) is 21.7. The van der Waals surface area contributed by atoms with Gasteiger partial charge in [-0.05, 0) is 133 Å². The molecule has 1 aliphatic heterocycles. The first-order valence-corrected chi connectivity index (χ1v) is 21.7. The number of fused-ring (bicyclic) bond motifs is 5. The van der Waals surface area contributed by atoms with Crippen molar-refractivity contribution in [2.24, 2.45) is 17.2 Å². The van der Waals surface area contributed by atoms with Crippen molar-refractivity contribution in [1.82, 2.24) is 37.2 Å². The number of rotatable bonds is 17. The van der Waals surface area contributed by atoms with Crippen molar-refractivity contribution in [3.05, 3.63) is 47.5 Å². The van der Waals surface area contributed by atoms with E-state index in [9.17, 15) is 43.8 Å². The number of nitrogens with one attached hydrogen (secondary N) is 7. The van der Waals surface area contributed by atoms with E-state index in [1.165, 1.54) is 12.1 Å². The van der Waals surface area contributed by atoms with Gasteiger partial charge < -0.3 is 74.1 Å². The molecule has 0 unspecified atom stereocenters. The summed E-state index contributed by atoms with van der Waals surface area (Å²) < 4.78 is 10.7. The maximum atomic E-state index is 14.4. The minimum atomic E-state index is -1.50. The van der Waals surface area contributed by atoms with Crippen LogP contribution in [0.4, 0.5) is 9.59 Å². The van der Waals surface area contributed by atoms with Gasteiger partial charge in [-0.25, -0.2) is 9.59 Å². The largest absolute Gasteiger partial charge is 0.508 e. The predicted octanol–water partition coefficient (Wildman–Crippen LogP) is 0.163. The van der Waals surface area contributed by atoms with E-state index in [-0.39, 0.29) is 100 Å². The minimum absolute atomic E-state index is 0.00667. The molecule has 21 nitrogen and oxygen atoms in total. The molecule has 0 fully saturated rings. The van der Waals surface area contributed by atoms with Gasteiger partial charge in [0.1, 0.15) is 52.9 Å². The number of phenolic OH excluding ortho intramolecular Hbond substituents is 2. The molecule has 21 heteroatoms. The molecule has 2 aromatic carbocycles. The molecule has 0 radical (unpaired) electrons. The van der Waals surface area contributed by atoms with Crippen LogP contribution in [0.3, 0.4) is 0 Å². The van der Waals surface area contributed by atoms with Crippen LogP contribution in [0.1, 0.15) is 84.8 Å². The summed E-state index contributed by atoms with van der Waals surface area (Å²) in [6.07, 6.45) is -1.87. The molecule has 0 saturated carbocycles. The lowest BCUT2D eigenvalue weighted by Gasteiger charge is -2.28. The zero-order valence-corrected chi connectivity index (χ0v) is 38.1. The van der Waals surface area contributed by atoms with Gasteiger partial charge in [0.15, 0.2) is 0 Å². The summed E-state index contributed by atoms with van der Waals surface area (Å²) in [4.78, 5) is 95.3. The average molecular weight is 913 g/mol. The molecule has 1 heterocycles. The summed E-state index contributed by atoms with van der Waals surface area (Å²) in [5.41, 5.74) is 16.8. The second kappa shape index (κ2) is 24.8. The van der Waals surface area contributed by atoms with Crippen molar-refractivity contribution in [2.45, 2.75) is 128 Å². The van der Waals surface area contributed by atoms with Crippen molar-refractivity contribution >= 4 is 41.7 Å². The smallest absolute Gasteiger partial charge is 0.408 e. The van der Waals surface area contributed by atoms with Gasteiger partial charge in [-0.15, -0.1) is 0 Å². The monoisotopic (exact) mass is 913 g/mol. The molecule has 15 N–H and O–H groups in total. The molecule has 0 aliphatic carbocycles. The second-order valence-corrected chi connectivity index (χ2v) is 17.7. The van der Waals surface area contributed by atoms with Gasteiger partial charge >= 0.3 is 12.2 Å². The van der Waals surface area contributed by atoms with Gasteiger partial charge in [0.2, 0.25) is 29.5 Å². The number of hydrogen-bond acceptors (Lipinski definition) is 14. The number of hydrogen-bond donors (Lipinski definition) is 12. The topological polar surface area (TPSA) is 341 Å². The number of amides is 7. The van der Waals surface area contributed by atoms with Crippen LogP contribution in [0.5, 0.6) is 11.5 Å². The molecule has 5 atom stereocenters. The molecule has 0 spiro atoms. The summed E-state index contributed by atoms with van der Waals surface area (Å²) in [6, 6.07) is 2.56. The van der Waals surface area contributed by atoms with Gasteiger partial charge in [-0.1, -0.05) is 12.1 Å². The first kappa shape index (κ1) is 53.2. The van der Waals surface area contributed by atoms with Crippen LogP contribution in [-0.2, 0) is 46.3 Å². The molecular weight excluding hydrogens is 845 g/mol. The molecule has 0 saturated heterocycles. The molecule has 2 aromatic rings. The highest BCUT2D eigenvalue weighted by atomic mass is 16.6. The standard InChI is InChI=1S/C44H68N10O11/c1-43(2,3)64-41(62)49-19-8-10-30-38(59)53-32(39(60)50-29(9-7-16-45)37(58)52-31(15-17-46)36(57)48-20-18-47)23-27-21-25(11-13-34(27)55)26-12-14-35(56)28(22-26)24-33(40(61)51-30)54-42(63)65-44(4,5)6/h11-14,21-22,29-33,55-56H,7-10,15-20,23-24,45-47H2,1-6H3,(H,48,57)(H,49,62)(H,50,60)(H,51,61)(H,52,58)(H,53,59)(H,54,63)/t29-,30-,31-,32-,33-/m0/s1. The zero-order valence-electron chi connectivity index (χ0n) is 38.1. The van der Waals surface area contributed by atoms with Crippen LogP contribution < -0.4 is 54.4 Å². The van der Waals surface area contributed by atoms with Crippen molar-refractivity contribution in [1.29, 1.82) is 0 Å². The predicted molar refractivity (Wildman–Crippen MR) is 241 cm³/mol. The Morgan fingerprint density at radius 3 is 1.85 bits per heavy atom. The highest BCUT2D eigenvalue weighted by molar-refractivity contribution is 5.96. The van der Waals surface area contributed by atoms with Gasteiger partial charge in [-0.3, -0.25) is 24.0 Å². The third-order valence-electron chi connectivity index (χ3n) is 9.81. The van der Waals surface area contributed by atoms with Gasteiger partial charge in [-0.2, -0.15) is 0 Å². The summed E-state index contributed by atoms with van der Waals surface area (Å²) in [5.74, 6) is -4.26. The Balaban J connectivity index is 2.12. The average Bonchev–Trinajstić information content (AvgIpc) is 3.21. The maximum absolute atomic E-state index is 14.4. The Bertz CT molecular complexity index is 1980. The molecule has 0 aromatic heterocycles. The SMILES string of the molecule is CC(C)(C)OC(=O)NCCC[C@@H]1NC(=O)[C@@H](NC(=O)OC(C)(C)C)Cc2cc(ccc2O)-c2ccc(O)c(c2)C[C@@H](C(=O)N[C@@H](CCCN)C(=O)N[C@@H](CCN)C(=O)NCCN)NC1=O. The zero-order chi connectivity index (χ0) is 48.5. The number of alkyl carbamates (subject to hydrolysis) is 2. The van der Waals surface area contributed by atoms with Crippen molar-refractivity contribution in [3.8, 4) is 22.6 Å². The van der Waals surface area contributed by atoms with Crippen LogP contribution in [0.25, 0.3) is 11.1 Å². The number of ether oxygens (including phenoxy) is 2. The van der Waals surface area contributed by atoms with Gasteiger partial charge in [0.25, 0.3) is 0 Å². The Hall–Kier alpha value is -6.19. The quantitative estimate of drug-likeness (QED) is 0.0942. The Labute approximate surface area is 379 Å². The highest BCUT2D eigenvalue weighted by Gasteiger charge is 2.34. The lowest BCUT2D eigenvalue weighted by atomic mass is 9.95. The number of aromatic hydroxyl groups is 2. The van der Waals surface area contributed by atoms with Gasteiger partial charge in [0, 0.05) is 32.5 Å². The Kier molecular flexibility index (Phi) is 20.2. The lowest BCUT2D eigenvalue weighted by molar-refractivity contribution is -0.135. The van der Waals surface area contributed by atoms with Crippen LogP contribution in [0.15, 0.2) is 36.4 Å². The fourth-order valence-electron chi connectivity index (χ4n) is 6.68. The summed E-state index contributed by atoms with van der Waals surface area (Å²) in [5, 5.41) is 40.6. The molecule has 360 valence electrons. The number of carbonyl (C=O) groups is 7. The van der Waals surface area contributed by atoms with E-state index in [1.807, 2.05) is 0 Å². The minimum Gasteiger partial charge on any atom is -0.508 e. The fourth-order valence-corrected chi connectivity index (χ4v) is 6.68. The normalized spacial score (nSPS) is 17.6. The van der Waals surface area contributed by atoms with Crippen LogP contribution in [0, 0.1) is 0 Å². The molecule has 1 aliphatic rings. The summed E-state index contributed by atoms with van der Waals surface area (Å²) in [6.45, 7) is 10.5. The van der Waals surface area contributed by atoms with E-state index in [2.05, 4.69) is 37.2 Å². The number of nitrogens with two attached hydrogens (primary N) is 3. The Morgan fingerprint density at radius 1 is 0.692 bits per heavy atom. The van der Waals surface area contributed by atoms with E-state index in [4.69, 9.17) is 26.7 Å². The van der Waals surface area contributed by atoms with E-state index >= 15 is 0 Å². The highest BCUT2D eigenvalue weighted by Crippen LogP contribution is 2.31. The van der Waals surface area contributed by atoms with E-state index in [0.29, 0.717) is 11.1 Å². The second-order valence-electron chi connectivity index (χ2n) is 17.7. The third kappa shape index (κ3) is 18.1. The van der Waals surface area contributed by atoms with Crippen LogP contribution >= 0.6 is 0 Å². The Morgan fingerprint density at radius 2 is 1.28 bits per heavy atom.